The van der Waals surface area contributed by atoms with E-state index in [1.165, 1.54) is 24.3 Å². The molecule has 0 saturated heterocycles. The summed E-state index contributed by atoms with van der Waals surface area (Å²) >= 11 is 5.72. The normalized spacial score (nSPS) is 12.8. The third-order valence-corrected chi connectivity index (χ3v) is 5.07. The van der Waals surface area contributed by atoms with E-state index < -0.39 is 27.5 Å². The first-order valence-electron chi connectivity index (χ1n) is 6.16. The molecule has 1 N–H and O–H groups in total. The number of hydrogen-bond donors (Lipinski definition) is 1. The van der Waals surface area contributed by atoms with E-state index in [4.69, 9.17) is 11.6 Å². The van der Waals surface area contributed by atoms with Gasteiger partial charge in [-0.15, -0.1) is 0 Å². The quantitative estimate of drug-likeness (QED) is 0.917. The van der Waals surface area contributed by atoms with Gasteiger partial charge in [0, 0.05) is 5.02 Å². The lowest BCUT2D eigenvalue weighted by Crippen LogP contribution is -2.22. The monoisotopic (exact) mass is 324 g/mol. The van der Waals surface area contributed by atoms with Gasteiger partial charge >= 0.3 is 5.97 Å². The van der Waals surface area contributed by atoms with E-state index >= 15 is 0 Å². The number of aliphatic carboxylic acids is 1. The van der Waals surface area contributed by atoms with Gasteiger partial charge in [0.05, 0.1) is 16.6 Å². The largest absolute Gasteiger partial charge is 0.481 e. The minimum atomic E-state index is -3.71. The minimum Gasteiger partial charge on any atom is -0.481 e. The van der Waals surface area contributed by atoms with Gasteiger partial charge in [-0.2, -0.15) is 0 Å². The molecule has 1 atom stereocenters. The summed E-state index contributed by atoms with van der Waals surface area (Å²) in [5.41, 5.74) is 0.461. The number of sulfone groups is 1. The molecule has 0 heterocycles. The van der Waals surface area contributed by atoms with Gasteiger partial charge in [-0.3, -0.25) is 4.79 Å². The Hall–Kier alpha value is -1.85. The highest BCUT2D eigenvalue weighted by Crippen LogP contribution is 2.23. The highest BCUT2D eigenvalue weighted by atomic mass is 35.5. The van der Waals surface area contributed by atoms with Crippen LogP contribution < -0.4 is 0 Å². The molecule has 0 fully saturated rings. The SMILES string of the molecule is O=C(O)C(CS(=O)(=O)c1ccc(Cl)cc1)c1ccccc1. The Balaban J connectivity index is 2.32. The zero-order valence-electron chi connectivity index (χ0n) is 10.9. The van der Waals surface area contributed by atoms with Crippen LogP contribution in [0.1, 0.15) is 11.5 Å². The van der Waals surface area contributed by atoms with Crippen molar-refractivity contribution in [1.82, 2.24) is 0 Å². The van der Waals surface area contributed by atoms with Crippen LogP contribution in [0.3, 0.4) is 0 Å². The van der Waals surface area contributed by atoms with Crippen LogP contribution in [-0.4, -0.2) is 25.2 Å². The van der Waals surface area contributed by atoms with Crippen molar-refractivity contribution < 1.29 is 18.3 Å². The van der Waals surface area contributed by atoms with Gasteiger partial charge in [-0.25, -0.2) is 8.42 Å². The van der Waals surface area contributed by atoms with Crippen LogP contribution in [-0.2, 0) is 14.6 Å². The fourth-order valence-corrected chi connectivity index (χ4v) is 3.60. The molecule has 0 aliphatic heterocycles. The summed E-state index contributed by atoms with van der Waals surface area (Å²) in [5, 5.41) is 9.72. The zero-order chi connectivity index (χ0) is 15.5. The third kappa shape index (κ3) is 3.83. The molecule has 4 nitrogen and oxygen atoms in total. The maximum absolute atomic E-state index is 12.3. The number of hydrogen-bond acceptors (Lipinski definition) is 3. The molecule has 110 valence electrons. The number of halogens is 1. The first-order valence-corrected chi connectivity index (χ1v) is 8.19. The van der Waals surface area contributed by atoms with E-state index in [1.54, 1.807) is 30.3 Å². The number of benzene rings is 2. The van der Waals surface area contributed by atoms with Gasteiger partial charge in [-0.05, 0) is 29.8 Å². The summed E-state index contributed by atoms with van der Waals surface area (Å²) in [5.74, 6) is -2.76. The van der Waals surface area contributed by atoms with E-state index in [2.05, 4.69) is 0 Å². The topological polar surface area (TPSA) is 71.4 Å². The molecule has 0 amide bonds. The van der Waals surface area contributed by atoms with Crippen LogP contribution in [0.25, 0.3) is 0 Å². The standard InChI is InChI=1S/C15H13ClO4S/c16-12-6-8-13(9-7-12)21(19,20)10-14(15(17)18)11-4-2-1-3-5-11/h1-9,14H,10H2,(H,17,18). The maximum Gasteiger partial charge on any atom is 0.312 e. The molecule has 6 heteroatoms. The maximum atomic E-state index is 12.3. The van der Waals surface area contributed by atoms with Crippen molar-refractivity contribution in [3.63, 3.8) is 0 Å². The Morgan fingerprint density at radius 3 is 2.14 bits per heavy atom. The molecule has 0 spiro atoms. The molecule has 0 aromatic heterocycles. The van der Waals surface area contributed by atoms with Crippen LogP contribution in [0.4, 0.5) is 0 Å². The summed E-state index contributed by atoms with van der Waals surface area (Å²) in [6.45, 7) is 0. The Labute approximate surface area is 127 Å². The highest BCUT2D eigenvalue weighted by Gasteiger charge is 2.27. The van der Waals surface area contributed by atoms with Gasteiger partial charge in [0.2, 0.25) is 0 Å². The van der Waals surface area contributed by atoms with Crippen molar-refractivity contribution >= 4 is 27.4 Å². The van der Waals surface area contributed by atoms with E-state index in [0.717, 1.165) is 0 Å². The van der Waals surface area contributed by atoms with E-state index in [-0.39, 0.29) is 4.90 Å². The second-order valence-corrected chi connectivity index (χ2v) is 7.01. The molecule has 0 radical (unpaired) electrons. The molecule has 0 aliphatic rings. The summed E-state index contributed by atoms with van der Waals surface area (Å²) in [7, 11) is -3.71. The number of carbonyl (C=O) groups is 1. The lowest BCUT2D eigenvalue weighted by Gasteiger charge is -2.13. The molecule has 2 aromatic rings. The lowest BCUT2D eigenvalue weighted by atomic mass is 10.0. The van der Waals surface area contributed by atoms with E-state index in [0.29, 0.717) is 10.6 Å². The van der Waals surface area contributed by atoms with Crippen LogP contribution in [0, 0.1) is 0 Å². The fraction of sp³-hybridized carbons (Fsp3) is 0.133. The van der Waals surface area contributed by atoms with Gasteiger partial charge < -0.3 is 5.11 Å². The molecule has 2 rings (SSSR count). The summed E-state index contributed by atoms with van der Waals surface area (Å²) < 4.78 is 24.7. The Morgan fingerprint density at radius 2 is 1.62 bits per heavy atom. The Bertz CT molecular complexity index is 724. The Morgan fingerprint density at radius 1 is 1.05 bits per heavy atom. The van der Waals surface area contributed by atoms with Crippen molar-refractivity contribution in [2.75, 3.05) is 5.75 Å². The van der Waals surface area contributed by atoms with Crippen LogP contribution >= 0.6 is 11.6 Å². The molecule has 2 aromatic carbocycles. The summed E-state index contributed by atoms with van der Waals surface area (Å²) in [4.78, 5) is 11.4. The van der Waals surface area contributed by atoms with Crippen LogP contribution in [0.2, 0.25) is 5.02 Å². The average molecular weight is 325 g/mol. The first-order chi connectivity index (χ1) is 9.90. The molecular weight excluding hydrogens is 312 g/mol. The summed E-state index contributed by atoms with van der Waals surface area (Å²) in [6.07, 6.45) is 0. The predicted octanol–water partition coefficient (Wildman–Crippen LogP) is 2.98. The van der Waals surface area contributed by atoms with Crippen molar-refractivity contribution in [2.45, 2.75) is 10.8 Å². The lowest BCUT2D eigenvalue weighted by molar-refractivity contribution is -0.138. The van der Waals surface area contributed by atoms with Gasteiger partial charge in [0.1, 0.15) is 0 Å². The molecule has 0 aliphatic carbocycles. The number of carboxylic acids is 1. The number of carboxylic acid groups (broad SMARTS) is 1. The van der Waals surface area contributed by atoms with E-state index in [1.807, 2.05) is 0 Å². The van der Waals surface area contributed by atoms with Crippen LogP contribution in [0.15, 0.2) is 59.5 Å². The second-order valence-electron chi connectivity index (χ2n) is 4.54. The second kappa shape index (κ2) is 6.28. The van der Waals surface area contributed by atoms with Crippen molar-refractivity contribution in [3.05, 3.63) is 65.2 Å². The molecule has 0 saturated carbocycles. The summed E-state index contributed by atoms with van der Waals surface area (Å²) in [6, 6.07) is 14.0. The minimum absolute atomic E-state index is 0.0640. The van der Waals surface area contributed by atoms with Crippen molar-refractivity contribution in [1.29, 1.82) is 0 Å². The third-order valence-electron chi connectivity index (χ3n) is 3.06. The molecule has 1 unspecified atom stereocenters. The van der Waals surface area contributed by atoms with Gasteiger partial charge in [-0.1, -0.05) is 41.9 Å². The molecule has 21 heavy (non-hydrogen) atoms. The predicted molar refractivity (Wildman–Crippen MR) is 80.3 cm³/mol. The smallest absolute Gasteiger partial charge is 0.312 e. The van der Waals surface area contributed by atoms with Crippen molar-refractivity contribution in [3.8, 4) is 0 Å². The fourth-order valence-electron chi connectivity index (χ4n) is 1.95. The average Bonchev–Trinajstić information content (AvgIpc) is 2.46. The van der Waals surface area contributed by atoms with Gasteiger partial charge in [0.25, 0.3) is 0 Å². The van der Waals surface area contributed by atoms with Crippen molar-refractivity contribution in [2.24, 2.45) is 0 Å². The zero-order valence-corrected chi connectivity index (χ0v) is 12.5. The molecule has 0 bridgehead atoms. The van der Waals surface area contributed by atoms with E-state index in [9.17, 15) is 18.3 Å². The Kier molecular flexibility index (Phi) is 4.65. The van der Waals surface area contributed by atoms with Crippen LogP contribution in [0.5, 0.6) is 0 Å². The van der Waals surface area contributed by atoms with Gasteiger partial charge in [0.15, 0.2) is 9.84 Å². The molecular formula is C15H13ClO4S. The highest BCUT2D eigenvalue weighted by molar-refractivity contribution is 7.91. The number of rotatable bonds is 5. The first kappa shape index (κ1) is 15.5.